The highest BCUT2D eigenvalue weighted by Gasteiger charge is 2.33. The Kier molecular flexibility index (Phi) is 6.08. The highest BCUT2D eigenvalue weighted by molar-refractivity contribution is 5.86. The van der Waals surface area contributed by atoms with E-state index in [9.17, 15) is 4.79 Å². The van der Waals surface area contributed by atoms with E-state index in [0.717, 1.165) is 69.9 Å². The Bertz CT molecular complexity index is 1570. The van der Waals surface area contributed by atoms with Crippen molar-refractivity contribution in [2.45, 2.75) is 51.7 Å². The number of aliphatic imine (C=N–C) groups is 1. The average molecular weight is 494 g/mol. The van der Waals surface area contributed by atoms with Crippen LogP contribution >= 0.6 is 0 Å². The summed E-state index contributed by atoms with van der Waals surface area (Å²) in [4.78, 5) is 30.0. The number of ether oxygens (including phenoxy) is 1. The third kappa shape index (κ3) is 4.13. The third-order valence-corrected chi connectivity index (χ3v) is 7.58. The van der Waals surface area contributed by atoms with E-state index in [1.165, 1.54) is 6.42 Å². The lowest BCUT2D eigenvalue weighted by atomic mass is 9.94. The van der Waals surface area contributed by atoms with E-state index in [4.69, 9.17) is 9.73 Å². The molecule has 1 fully saturated rings. The number of nitrogens with zero attached hydrogens (tertiary/aromatic N) is 5. The van der Waals surface area contributed by atoms with E-state index >= 15 is 0 Å². The first kappa shape index (κ1) is 23.6. The number of anilines is 1. The van der Waals surface area contributed by atoms with Crippen molar-refractivity contribution in [1.29, 1.82) is 0 Å². The Morgan fingerprint density at radius 2 is 1.89 bits per heavy atom. The van der Waals surface area contributed by atoms with Crippen LogP contribution in [0, 0.1) is 13.8 Å². The van der Waals surface area contributed by atoms with Gasteiger partial charge in [-0.25, -0.2) is 9.97 Å². The number of hydrogen-bond acceptors (Lipinski definition) is 6. The van der Waals surface area contributed by atoms with Crippen molar-refractivity contribution in [3.8, 4) is 5.69 Å². The van der Waals surface area contributed by atoms with Gasteiger partial charge in [-0.3, -0.25) is 14.4 Å². The number of aryl methyl sites for hydroxylation is 2. The van der Waals surface area contributed by atoms with Crippen molar-refractivity contribution in [3.05, 3.63) is 87.7 Å². The van der Waals surface area contributed by atoms with Gasteiger partial charge >= 0.3 is 0 Å². The van der Waals surface area contributed by atoms with E-state index in [-0.39, 0.29) is 17.6 Å². The lowest BCUT2D eigenvalue weighted by Crippen LogP contribution is -2.28. The quantitative estimate of drug-likeness (QED) is 0.372. The van der Waals surface area contributed by atoms with Crippen LogP contribution < -0.4 is 10.5 Å². The molecule has 0 radical (unpaired) electrons. The van der Waals surface area contributed by atoms with E-state index in [1.54, 1.807) is 6.33 Å². The molecule has 2 unspecified atom stereocenters. The highest BCUT2D eigenvalue weighted by Crippen LogP contribution is 2.41. The van der Waals surface area contributed by atoms with Gasteiger partial charge in [0, 0.05) is 25.6 Å². The topological polar surface area (TPSA) is 72.6 Å². The number of pyridine rings is 1. The summed E-state index contributed by atoms with van der Waals surface area (Å²) in [6, 6.07) is 16.1. The lowest BCUT2D eigenvalue weighted by Gasteiger charge is -2.27. The summed E-state index contributed by atoms with van der Waals surface area (Å²) in [7, 11) is 2.00. The van der Waals surface area contributed by atoms with Crippen molar-refractivity contribution >= 4 is 28.5 Å². The molecule has 2 aliphatic rings. The van der Waals surface area contributed by atoms with Gasteiger partial charge in [-0.2, -0.15) is 0 Å². The van der Waals surface area contributed by atoms with Crippen LogP contribution in [0.1, 0.15) is 47.7 Å². The standard InChI is InChI=1S/C30H31N5O2/c1-19-9-4-5-12-24(19)35-22(15-21-11-8-10-20(2)26(21)30(35)36)17-34(3)29-28-27(32-18-33-29)23(16-31-28)25-13-6-7-14-37-25/h4-5,8-12,15-16,18,23,25H,6-7,13-14,17H2,1-3H3. The van der Waals surface area contributed by atoms with Gasteiger partial charge in [-0.05, 0) is 61.8 Å². The number of fused-ring (bicyclic) bond motifs is 2. The zero-order valence-corrected chi connectivity index (χ0v) is 21.5. The number of benzene rings is 2. The predicted molar refractivity (Wildman–Crippen MR) is 148 cm³/mol. The van der Waals surface area contributed by atoms with E-state index in [2.05, 4.69) is 20.9 Å². The van der Waals surface area contributed by atoms with Gasteiger partial charge in [0.25, 0.3) is 5.56 Å². The second-order valence-corrected chi connectivity index (χ2v) is 10.1. The normalized spacial score (nSPS) is 18.8. The van der Waals surface area contributed by atoms with Crippen LogP contribution in [0.2, 0.25) is 0 Å². The minimum absolute atomic E-state index is 0.00579. The second-order valence-electron chi connectivity index (χ2n) is 10.1. The number of rotatable bonds is 5. The highest BCUT2D eigenvalue weighted by atomic mass is 16.5. The molecular weight excluding hydrogens is 462 g/mol. The van der Waals surface area contributed by atoms with Crippen LogP contribution in [-0.2, 0) is 11.3 Å². The van der Waals surface area contributed by atoms with Crippen molar-refractivity contribution in [2.75, 3.05) is 18.6 Å². The van der Waals surface area contributed by atoms with Gasteiger partial charge in [-0.1, -0.05) is 36.4 Å². The SMILES string of the molecule is Cc1ccccc1-n1c(CN(C)c2ncnc3c2N=CC3C2CCCCO2)cc2cccc(C)c2c1=O. The molecular formula is C30H31N5O2. The van der Waals surface area contributed by atoms with Crippen LogP contribution in [0.25, 0.3) is 16.5 Å². The molecule has 188 valence electrons. The Labute approximate surface area is 216 Å². The summed E-state index contributed by atoms with van der Waals surface area (Å²) < 4.78 is 7.90. The molecule has 2 aliphatic heterocycles. The summed E-state index contributed by atoms with van der Waals surface area (Å²) in [5.74, 6) is 0.812. The third-order valence-electron chi connectivity index (χ3n) is 7.58. The average Bonchev–Trinajstić information content (AvgIpc) is 3.34. The van der Waals surface area contributed by atoms with Gasteiger partial charge in [0.05, 0.1) is 35.3 Å². The monoisotopic (exact) mass is 493 g/mol. The van der Waals surface area contributed by atoms with Crippen LogP contribution in [-0.4, -0.2) is 40.5 Å². The van der Waals surface area contributed by atoms with Crippen LogP contribution in [0.5, 0.6) is 0 Å². The van der Waals surface area contributed by atoms with Crippen molar-refractivity contribution in [3.63, 3.8) is 0 Å². The first-order chi connectivity index (χ1) is 18.0. The van der Waals surface area contributed by atoms with Gasteiger partial charge in [0.2, 0.25) is 0 Å². The van der Waals surface area contributed by atoms with Crippen LogP contribution in [0.4, 0.5) is 11.5 Å². The molecule has 4 aromatic rings. The first-order valence-electron chi connectivity index (χ1n) is 12.9. The number of para-hydroxylation sites is 1. The van der Waals surface area contributed by atoms with Crippen molar-refractivity contribution in [1.82, 2.24) is 14.5 Å². The second kappa shape index (κ2) is 9.56. The van der Waals surface area contributed by atoms with Crippen LogP contribution in [0.15, 0.2) is 64.6 Å². The molecule has 0 amide bonds. The number of aromatic nitrogens is 3. The van der Waals surface area contributed by atoms with E-state index < -0.39 is 0 Å². The smallest absolute Gasteiger partial charge is 0.263 e. The van der Waals surface area contributed by atoms with E-state index in [0.29, 0.717) is 6.54 Å². The summed E-state index contributed by atoms with van der Waals surface area (Å²) in [5, 5.41) is 1.69. The molecule has 7 heteroatoms. The molecule has 2 aromatic heterocycles. The minimum Gasteiger partial charge on any atom is -0.377 e. The fourth-order valence-electron chi connectivity index (χ4n) is 5.68. The fourth-order valence-corrected chi connectivity index (χ4v) is 5.68. The van der Waals surface area contributed by atoms with Gasteiger partial charge < -0.3 is 9.64 Å². The molecule has 7 nitrogen and oxygen atoms in total. The maximum atomic E-state index is 13.9. The molecule has 2 aromatic carbocycles. The molecule has 6 rings (SSSR count). The fraction of sp³-hybridized carbons (Fsp3) is 0.333. The molecule has 1 saturated heterocycles. The zero-order valence-electron chi connectivity index (χ0n) is 21.5. The lowest BCUT2D eigenvalue weighted by molar-refractivity contribution is 0.0118. The molecule has 0 N–H and O–H groups in total. The zero-order chi connectivity index (χ0) is 25.5. The molecule has 0 spiro atoms. The molecule has 0 saturated carbocycles. The maximum Gasteiger partial charge on any atom is 0.263 e. The number of hydrogen-bond donors (Lipinski definition) is 0. The minimum atomic E-state index is -0.00579. The Balaban J connectivity index is 1.43. The largest absolute Gasteiger partial charge is 0.377 e. The van der Waals surface area contributed by atoms with E-state index in [1.807, 2.05) is 74.1 Å². The first-order valence-corrected chi connectivity index (χ1v) is 12.9. The molecule has 0 bridgehead atoms. The van der Waals surface area contributed by atoms with Crippen molar-refractivity contribution < 1.29 is 4.74 Å². The molecule has 0 aliphatic carbocycles. The molecule has 4 heterocycles. The Morgan fingerprint density at radius 1 is 1.05 bits per heavy atom. The molecule has 2 atom stereocenters. The molecule has 37 heavy (non-hydrogen) atoms. The summed E-state index contributed by atoms with van der Waals surface area (Å²) >= 11 is 0. The Hall–Kier alpha value is -3.84. The van der Waals surface area contributed by atoms with Gasteiger partial charge in [0.1, 0.15) is 12.0 Å². The summed E-state index contributed by atoms with van der Waals surface area (Å²) in [6.07, 6.45) is 6.99. The van der Waals surface area contributed by atoms with Crippen LogP contribution in [0.3, 0.4) is 0 Å². The summed E-state index contributed by atoms with van der Waals surface area (Å²) in [6.45, 7) is 5.31. The summed E-state index contributed by atoms with van der Waals surface area (Å²) in [5.41, 5.74) is 5.52. The predicted octanol–water partition coefficient (Wildman–Crippen LogP) is 5.40. The van der Waals surface area contributed by atoms with Gasteiger partial charge in [0.15, 0.2) is 5.82 Å². The maximum absolute atomic E-state index is 13.9. The van der Waals surface area contributed by atoms with Gasteiger partial charge in [-0.15, -0.1) is 0 Å². The Morgan fingerprint density at radius 3 is 2.70 bits per heavy atom. The van der Waals surface area contributed by atoms with Crippen molar-refractivity contribution in [2.24, 2.45) is 4.99 Å².